The SMILES string of the molecule is Nc1ccc(OCc2noc(C3CC3)n2)cc1. The van der Waals surface area contributed by atoms with Crippen molar-refractivity contribution < 1.29 is 9.26 Å². The van der Waals surface area contributed by atoms with Crippen molar-refractivity contribution in [3.63, 3.8) is 0 Å². The fourth-order valence-corrected chi connectivity index (χ4v) is 1.53. The van der Waals surface area contributed by atoms with Crippen LogP contribution >= 0.6 is 0 Å². The fourth-order valence-electron chi connectivity index (χ4n) is 1.53. The molecule has 0 saturated heterocycles. The summed E-state index contributed by atoms with van der Waals surface area (Å²) in [5, 5.41) is 3.87. The molecular weight excluding hydrogens is 218 g/mol. The molecule has 88 valence electrons. The first-order valence-electron chi connectivity index (χ1n) is 5.62. The first kappa shape index (κ1) is 10.1. The van der Waals surface area contributed by atoms with E-state index in [-0.39, 0.29) is 0 Å². The average molecular weight is 231 g/mol. The molecule has 0 unspecified atom stereocenters. The number of hydrogen-bond donors (Lipinski definition) is 1. The molecule has 2 N–H and O–H groups in total. The minimum absolute atomic E-state index is 0.320. The van der Waals surface area contributed by atoms with E-state index in [1.54, 1.807) is 12.1 Å². The third kappa shape index (κ3) is 2.38. The minimum Gasteiger partial charge on any atom is -0.485 e. The highest BCUT2D eigenvalue weighted by atomic mass is 16.5. The maximum absolute atomic E-state index is 5.58. The molecule has 0 spiro atoms. The lowest BCUT2D eigenvalue weighted by Gasteiger charge is -2.02. The Balaban J connectivity index is 1.60. The summed E-state index contributed by atoms with van der Waals surface area (Å²) in [5.74, 6) is 2.55. The van der Waals surface area contributed by atoms with Crippen LogP contribution in [0.25, 0.3) is 0 Å². The van der Waals surface area contributed by atoms with Gasteiger partial charge in [-0.3, -0.25) is 0 Å². The zero-order chi connectivity index (χ0) is 11.7. The number of benzene rings is 1. The van der Waals surface area contributed by atoms with Crippen LogP contribution in [0.3, 0.4) is 0 Å². The van der Waals surface area contributed by atoms with Gasteiger partial charge in [0.1, 0.15) is 5.75 Å². The van der Waals surface area contributed by atoms with Crippen LogP contribution in [0.5, 0.6) is 5.75 Å². The number of aromatic nitrogens is 2. The van der Waals surface area contributed by atoms with Crippen molar-refractivity contribution in [2.75, 3.05) is 5.73 Å². The first-order chi connectivity index (χ1) is 8.31. The molecule has 0 radical (unpaired) electrons. The predicted molar refractivity (Wildman–Crippen MR) is 61.5 cm³/mol. The molecule has 1 aromatic carbocycles. The highest BCUT2D eigenvalue weighted by Crippen LogP contribution is 2.38. The van der Waals surface area contributed by atoms with Gasteiger partial charge in [-0.25, -0.2) is 0 Å². The second kappa shape index (κ2) is 4.08. The summed E-state index contributed by atoms with van der Waals surface area (Å²) in [5.41, 5.74) is 6.30. The summed E-state index contributed by atoms with van der Waals surface area (Å²) < 4.78 is 10.7. The molecule has 1 heterocycles. The van der Waals surface area contributed by atoms with Gasteiger partial charge in [0, 0.05) is 11.6 Å². The second-order valence-corrected chi connectivity index (χ2v) is 4.18. The molecular formula is C12H13N3O2. The molecule has 1 saturated carbocycles. The number of nitrogens with two attached hydrogens (primary N) is 1. The Bertz CT molecular complexity index is 503. The Morgan fingerprint density at radius 2 is 2.06 bits per heavy atom. The number of hydrogen-bond acceptors (Lipinski definition) is 5. The van der Waals surface area contributed by atoms with E-state index in [1.807, 2.05) is 12.1 Å². The van der Waals surface area contributed by atoms with Crippen molar-refractivity contribution in [3.05, 3.63) is 36.0 Å². The van der Waals surface area contributed by atoms with Crippen LogP contribution in [-0.4, -0.2) is 10.1 Å². The molecule has 5 heteroatoms. The van der Waals surface area contributed by atoms with Crippen molar-refractivity contribution in [1.29, 1.82) is 0 Å². The molecule has 1 aliphatic carbocycles. The van der Waals surface area contributed by atoms with E-state index in [4.69, 9.17) is 15.0 Å². The monoisotopic (exact) mass is 231 g/mol. The van der Waals surface area contributed by atoms with Crippen molar-refractivity contribution in [2.45, 2.75) is 25.4 Å². The summed E-state index contributed by atoms with van der Waals surface area (Å²) in [6.07, 6.45) is 2.31. The van der Waals surface area contributed by atoms with E-state index in [9.17, 15) is 0 Å². The van der Waals surface area contributed by atoms with Crippen LogP contribution in [0, 0.1) is 0 Å². The highest BCUT2D eigenvalue weighted by Gasteiger charge is 2.29. The maximum Gasteiger partial charge on any atom is 0.229 e. The van der Waals surface area contributed by atoms with Gasteiger partial charge >= 0.3 is 0 Å². The molecule has 1 aliphatic rings. The third-order valence-electron chi connectivity index (χ3n) is 2.66. The van der Waals surface area contributed by atoms with E-state index < -0.39 is 0 Å². The summed E-state index contributed by atoms with van der Waals surface area (Å²) in [7, 11) is 0. The first-order valence-corrected chi connectivity index (χ1v) is 5.62. The zero-order valence-electron chi connectivity index (χ0n) is 9.30. The van der Waals surface area contributed by atoms with Gasteiger partial charge in [0.25, 0.3) is 0 Å². The number of anilines is 1. The minimum atomic E-state index is 0.320. The summed E-state index contributed by atoms with van der Waals surface area (Å²) in [6, 6.07) is 7.22. The van der Waals surface area contributed by atoms with E-state index >= 15 is 0 Å². The molecule has 5 nitrogen and oxygen atoms in total. The standard InChI is InChI=1S/C12H13N3O2/c13-9-3-5-10(6-4-9)16-7-11-14-12(17-15-11)8-1-2-8/h3-6,8H,1-2,7,13H2. The summed E-state index contributed by atoms with van der Waals surface area (Å²) in [4.78, 5) is 4.28. The van der Waals surface area contributed by atoms with Crippen LogP contribution in [0.2, 0.25) is 0 Å². The lowest BCUT2D eigenvalue weighted by molar-refractivity contribution is 0.285. The Morgan fingerprint density at radius 1 is 1.29 bits per heavy atom. The van der Waals surface area contributed by atoms with Gasteiger partial charge in [-0.2, -0.15) is 4.98 Å². The third-order valence-corrected chi connectivity index (χ3v) is 2.66. The van der Waals surface area contributed by atoms with Crippen LogP contribution < -0.4 is 10.5 Å². The zero-order valence-corrected chi connectivity index (χ0v) is 9.30. The van der Waals surface area contributed by atoms with E-state index in [0.29, 0.717) is 24.0 Å². The van der Waals surface area contributed by atoms with Gasteiger partial charge in [-0.15, -0.1) is 0 Å². The molecule has 1 fully saturated rings. The predicted octanol–water partition coefficient (Wildman–Crippen LogP) is 2.11. The molecule has 17 heavy (non-hydrogen) atoms. The lowest BCUT2D eigenvalue weighted by Crippen LogP contribution is -1.97. The number of rotatable bonds is 4. The molecule has 1 aromatic heterocycles. The highest BCUT2D eigenvalue weighted by molar-refractivity contribution is 5.41. The summed E-state index contributed by atoms with van der Waals surface area (Å²) in [6.45, 7) is 0.320. The quantitative estimate of drug-likeness (QED) is 0.816. The molecule has 0 aliphatic heterocycles. The van der Waals surface area contributed by atoms with Gasteiger partial charge in [0.15, 0.2) is 6.61 Å². The molecule has 0 atom stereocenters. The molecule has 2 aromatic rings. The van der Waals surface area contributed by atoms with E-state index in [1.165, 1.54) is 0 Å². The smallest absolute Gasteiger partial charge is 0.229 e. The van der Waals surface area contributed by atoms with Crippen LogP contribution in [0.4, 0.5) is 5.69 Å². The number of nitrogens with zero attached hydrogens (tertiary/aromatic N) is 2. The van der Waals surface area contributed by atoms with Crippen LogP contribution in [0.1, 0.15) is 30.5 Å². The maximum atomic E-state index is 5.58. The molecule has 3 rings (SSSR count). The average Bonchev–Trinajstić information content (AvgIpc) is 3.09. The largest absolute Gasteiger partial charge is 0.485 e. The fraction of sp³-hybridized carbons (Fsp3) is 0.333. The van der Waals surface area contributed by atoms with Gasteiger partial charge in [0.05, 0.1) is 0 Å². The van der Waals surface area contributed by atoms with Crippen LogP contribution in [-0.2, 0) is 6.61 Å². The van der Waals surface area contributed by atoms with E-state index in [0.717, 1.165) is 24.5 Å². The van der Waals surface area contributed by atoms with Crippen molar-refractivity contribution in [2.24, 2.45) is 0 Å². The van der Waals surface area contributed by atoms with Crippen molar-refractivity contribution in [3.8, 4) is 5.75 Å². The van der Waals surface area contributed by atoms with Gasteiger partial charge in [0.2, 0.25) is 11.7 Å². The number of ether oxygens (including phenoxy) is 1. The van der Waals surface area contributed by atoms with Gasteiger partial charge in [-0.1, -0.05) is 5.16 Å². The van der Waals surface area contributed by atoms with Gasteiger partial charge in [-0.05, 0) is 37.1 Å². The number of nitrogen functional groups attached to an aromatic ring is 1. The topological polar surface area (TPSA) is 74.2 Å². The Labute approximate surface area is 98.6 Å². The Morgan fingerprint density at radius 3 is 2.76 bits per heavy atom. The second-order valence-electron chi connectivity index (χ2n) is 4.18. The Hall–Kier alpha value is -2.04. The van der Waals surface area contributed by atoms with Crippen LogP contribution in [0.15, 0.2) is 28.8 Å². The normalized spacial score (nSPS) is 14.8. The van der Waals surface area contributed by atoms with E-state index in [2.05, 4.69) is 10.1 Å². The van der Waals surface area contributed by atoms with Crippen molar-refractivity contribution in [1.82, 2.24) is 10.1 Å². The van der Waals surface area contributed by atoms with Gasteiger partial charge < -0.3 is 15.0 Å². The molecule has 0 amide bonds. The molecule has 0 bridgehead atoms. The Kier molecular flexibility index (Phi) is 2.44. The lowest BCUT2D eigenvalue weighted by atomic mass is 10.3. The summed E-state index contributed by atoms with van der Waals surface area (Å²) >= 11 is 0. The van der Waals surface area contributed by atoms with Crippen molar-refractivity contribution >= 4 is 5.69 Å².